The number of methoxy groups -OCH3 is 1. The van der Waals surface area contributed by atoms with E-state index < -0.39 is 0 Å². The van der Waals surface area contributed by atoms with E-state index in [9.17, 15) is 0 Å². The van der Waals surface area contributed by atoms with Crippen molar-refractivity contribution in [2.24, 2.45) is 0 Å². The Morgan fingerprint density at radius 1 is 1.26 bits per heavy atom. The van der Waals surface area contributed by atoms with Crippen molar-refractivity contribution >= 4 is 26.7 Å². The van der Waals surface area contributed by atoms with E-state index in [1.165, 1.54) is 10.3 Å². The number of nitrogens with zero attached hydrogens (tertiary/aromatic N) is 1. The van der Waals surface area contributed by atoms with Gasteiger partial charge in [-0.25, -0.2) is 4.98 Å². The highest BCUT2D eigenvalue weighted by atomic mass is 32.1. The van der Waals surface area contributed by atoms with Crippen molar-refractivity contribution in [3.05, 3.63) is 23.8 Å². The summed E-state index contributed by atoms with van der Waals surface area (Å²) in [5.41, 5.74) is 2.32. The molecule has 1 aromatic carbocycles. The summed E-state index contributed by atoms with van der Waals surface area (Å²) in [4.78, 5) is 4.57. The minimum absolute atomic E-state index is 0.657. The van der Waals surface area contributed by atoms with Crippen LogP contribution in [0, 0.1) is 6.92 Å². The predicted octanol–water partition coefficient (Wildman–Crippen LogP) is 3.07. The first-order valence-corrected chi connectivity index (χ1v) is 7.29. The minimum Gasteiger partial charge on any atom is -0.382 e. The summed E-state index contributed by atoms with van der Waals surface area (Å²) in [6, 6.07) is 6.36. The molecule has 2 rings (SSSR count). The summed E-state index contributed by atoms with van der Waals surface area (Å²) in [6.07, 6.45) is 0.971. The fourth-order valence-corrected chi connectivity index (χ4v) is 2.60. The number of aromatic nitrogens is 1. The maximum Gasteiger partial charge on any atom is 0.183 e. The summed E-state index contributed by atoms with van der Waals surface area (Å²) < 4.78 is 11.5. The number of aryl methyl sites for hydroxylation is 1. The van der Waals surface area contributed by atoms with E-state index in [0.29, 0.717) is 13.2 Å². The molecule has 0 bridgehead atoms. The van der Waals surface area contributed by atoms with Crippen molar-refractivity contribution in [1.82, 2.24) is 4.98 Å². The Hall–Kier alpha value is -1.17. The lowest BCUT2D eigenvalue weighted by molar-refractivity contribution is 0.0705. The molecule has 0 aliphatic heterocycles. The van der Waals surface area contributed by atoms with Gasteiger partial charge in [0.25, 0.3) is 0 Å². The van der Waals surface area contributed by atoms with Crippen molar-refractivity contribution in [3.8, 4) is 0 Å². The van der Waals surface area contributed by atoms with E-state index in [2.05, 4.69) is 35.4 Å². The van der Waals surface area contributed by atoms with Crippen LogP contribution in [0.3, 0.4) is 0 Å². The molecule has 4 nitrogen and oxygen atoms in total. The topological polar surface area (TPSA) is 43.4 Å². The van der Waals surface area contributed by atoms with Crippen LogP contribution >= 0.6 is 11.3 Å². The van der Waals surface area contributed by atoms with E-state index in [0.717, 1.165) is 30.2 Å². The standard InChI is InChI=1S/C14H20N2O2S/c1-11-4-5-13-12(10-11)16-14(19-13)15-6-3-7-18-9-8-17-2/h4-5,10H,3,6-9H2,1-2H3,(H,15,16). The molecule has 1 heterocycles. The van der Waals surface area contributed by atoms with E-state index in [1.807, 2.05) is 0 Å². The average Bonchev–Trinajstić information content (AvgIpc) is 2.79. The van der Waals surface area contributed by atoms with Gasteiger partial charge in [-0.15, -0.1) is 0 Å². The Morgan fingerprint density at radius 2 is 2.16 bits per heavy atom. The van der Waals surface area contributed by atoms with Gasteiger partial charge < -0.3 is 14.8 Å². The number of nitrogens with one attached hydrogen (secondary N) is 1. The number of fused-ring (bicyclic) bond motifs is 1. The molecule has 0 atom stereocenters. The Morgan fingerprint density at radius 3 is 3.00 bits per heavy atom. The van der Waals surface area contributed by atoms with Gasteiger partial charge in [-0.3, -0.25) is 0 Å². The molecule has 0 spiro atoms. The quantitative estimate of drug-likeness (QED) is 0.755. The molecule has 0 unspecified atom stereocenters. The lowest BCUT2D eigenvalue weighted by Crippen LogP contribution is -2.08. The minimum atomic E-state index is 0.657. The molecule has 0 saturated carbocycles. The van der Waals surface area contributed by atoms with Gasteiger partial charge in [-0.2, -0.15) is 0 Å². The highest BCUT2D eigenvalue weighted by Crippen LogP contribution is 2.26. The van der Waals surface area contributed by atoms with Crippen LogP contribution in [0.4, 0.5) is 5.13 Å². The normalized spacial score (nSPS) is 11.1. The average molecular weight is 280 g/mol. The third kappa shape index (κ3) is 4.45. The maximum atomic E-state index is 5.40. The number of rotatable bonds is 8. The smallest absolute Gasteiger partial charge is 0.183 e. The van der Waals surface area contributed by atoms with Crippen molar-refractivity contribution in [2.45, 2.75) is 13.3 Å². The fraction of sp³-hybridized carbons (Fsp3) is 0.500. The van der Waals surface area contributed by atoms with Gasteiger partial charge in [0.05, 0.1) is 23.4 Å². The number of hydrogen-bond donors (Lipinski definition) is 1. The Balaban J connectivity index is 1.72. The van der Waals surface area contributed by atoms with Crippen LogP contribution < -0.4 is 5.32 Å². The zero-order valence-electron chi connectivity index (χ0n) is 11.4. The second kappa shape index (κ2) is 7.43. The third-order valence-electron chi connectivity index (χ3n) is 2.72. The van der Waals surface area contributed by atoms with Crippen LogP contribution in [-0.2, 0) is 9.47 Å². The van der Waals surface area contributed by atoms with E-state index in [-0.39, 0.29) is 0 Å². The lowest BCUT2D eigenvalue weighted by Gasteiger charge is -2.04. The van der Waals surface area contributed by atoms with Crippen LogP contribution in [0.1, 0.15) is 12.0 Å². The number of benzene rings is 1. The zero-order valence-corrected chi connectivity index (χ0v) is 12.3. The van der Waals surface area contributed by atoms with Gasteiger partial charge in [0.15, 0.2) is 5.13 Å². The van der Waals surface area contributed by atoms with Gasteiger partial charge in [0, 0.05) is 20.3 Å². The van der Waals surface area contributed by atoms with Crippen molar-refractivity contribution < 1.29 is 9.47 Å². The summed E-state index contributed by atoms with van der Waals surface area (Å²) in [7, 11) is 1.68. The lowest BCUT2D eigenvalue weighted by atomic mass is 10.2. The molecule has 1 aromatic heterocycles. The Bertz CT molecular complexity index is 513. The van der Waals surface area contributed by atoms with Crippen LogP contribution in [0.2, 0.25) is 0 Å². The molecule has 5 heteroatoms. The fourth-order valence-electron chi connectivity index (χ4n) is 1.73. The molecule has 0 fully saturated rings. The first-order valence-electron chi connectivity index (χ1n) is 6.47. The highest BCUT2D eigenvalue weighted by Gasteiger charge is 2.02. The maximum absolute atomic E-state index is 5.40. The molecule has 0 aliphatic carbocycles. The summed E-state index contributed by atoms with van der Waals surface area (Å²) in [5, 5.41) is 4.32. The number of hydrogen-bond acceptors (Lipinski definition) is 5. The molecule has 2 aromatic rings. The number of anilines is 1. The Kier molecular flexibility index (Phi) is 5.57. The monoisotopic (exact) mass is 280 g/mol. The molecular weight excluding hydrogens is 260 g/mol. The second-order valence-electron chi connectivity index (χ2n) is 4.38. The van der Waals surface area contributed by atoms with Crippen LogP contribution in [0.5, 0.6) is 0 Å². The van der Waals surface area contributed by atoms with E-state index in [4.69, 9.17) is 9.47 Å². The van der Waals surface area contributed by atoms with E-state index in [1.54, 1.807) is 18.4 Å². The van der Waals surface area contributed by atoms with Crippen LogP contribution in [0.15, 0.2) is 18.2 Å². The van der Waals surface area contributed by atoms with Crippen LogP contribution in [0.25, 0.3) is 10.2 Å². The van der Waals surface area contributed by atoms with Crippen molar-refractivity contribution in [3.63, 3.8) is 0 Å². The Labute approximate surface area is 117 Å². The van der Waals surface area contributed by atoms with Gasteiger partial charge >= 0.3 is 0 Å². The van der Waals surface area contributed by atoms with Gasteiger partial charge in [0.1, 0.15) is 0 Å². The van der Waals surface area contributed by atoms with Crippen molar-refractivity contribution in [2.75, 3.05) is 38.8 Å². The molecule has 0 aliphatic rings. The van der Waals surface area contributed by atoms with Gasteiger partial charge in [-0.1, -0.05) is 17.4 Å². The van der Waals surface area contributed by atoms with E-state index >= 15 is 0 Å². The molecule has 0 amide bonds. The highest BCUT2D eigenvalue weighted by molar-refractivity contribution is 7.22. The first kappa shape index (κ1) is 14.2. The largest absolute Gasteiger partial charge is 0.382 e. The number of thiazole rings is 1. The molecular formula is C14H20N2O2S. The van der Waals surface area contributed by atoms with Crippen LogP contribution in [-0.4, -0.2) is 38.5 Å². The van der Waals surface area contributed by atoms with Gasteiger partial charge in [0.2, 0.25) is 0 Å². The number of ether oxygens (including phenoxy) is 2. The molecule has 0 radical (unpaired) electrons. The summed E-state index contributed by atoms with van der Waals surface area (Å²) >= 11 is 1.69. The summed E-state index contributed by atoms with van der Waals surface area (Å²) in [6.45, 7) is 5.04. The third-order valence-corrected chi connectivity index (χ3v) is 3.71. The van der Waals surface area contributed by atoms with Crippen molar-refractivity contribution in [1.29, 1.82) is 0 Å². The van der Waals surface area contributed by atoms with Gasteiger partial charge in [-0.05, 0) is 31.0 Å². The molecule has 104 valence electrons. The zero-order chi connectivity index (χ0) is 13.5. The summed E-state index contributed by atoms with van der Waals surface area (Å²) in [5.74, 6) is 0. The first-order chi connectivity index (χ1) is 9.29. The molecule has 0 saturated heterocycles. The second-order valence-corrected chi connectivity index (χ2v) is 5.41. The SMILES string of the molecule is COCCOCCCNc1nc2cc(C)ccc2s1. The molecule has 19 heavy (non-hydrogen) atoms. The molecule has 1 N–H and O–H groups in total. The predicted molar refractivity (Wildman–Crippen MR) is 80.2 cm³/mol.